The Bertz CT molecular complexity index is 583. The maximum atomic E-state index is 11.0. The molecule has 1 aromatic heterocycles. The van der Waals surface area contributed by atoms with Crippen LogP contribution in [0.5, 0.6) is 0 Å². The Hall–Kier alpha value is -1.33. The fourth-order valence-electron chi connectivity index (χ4n) is 1.84. The van der Waals surface area contributed by atoms with E-state index in [4.69, 9.17) is 5.11 Å². The molecule has 1 unspecified atom stereocenters. The SMILES string of the molecule is CC(c1cccs1)N(C)c1ccc(C(=O)O)c(Br)c1. The quantitative estimate of drug-likeness (QED) is 0.896. The normalized spacial score (nSPS) is 12.2. The van der Waals surface area contributed by atoms with Crippen molar-refractivity contribution in [2.75, 3.05) is 11.9 Å². The first-order chi connectivity index (χ1) is 9.00. The van der Waals surface area contributed by atoms with E-state index in [-0.39, 0.29) is 11.6 Å². The molecular weight excluding hydrogens is 326 g/mol. The van der Waals surface area contributed by atoms with Crippen molar-refractivity contribution < 1.29 is 9.90 Å². The molecular formula is C14H14BrNO2S. The Kier molecular flexibility index (Phi) is 4.27. The van der Waals surface area contributed by atoms with Gasteiger partial charge in [-0.05, 0) is 52.5 Å². The van der Waals surface area contributed by atoms with Gasteiger partial charge in [0.25, 0.3) is 0 Å². The van der Waals surface area contributed by atoms with E-state index in [1.807, 2.05) is 25.2 Å². The fraction of sp³-hybridized carbons (Fsp3) is 0.214. The number of carboxylic acid groups (broad SMARTS) is 1. The van der Waals surface area contributed by atoms with Crippen LogP contribution in [0.4, 0.5) is 5.69 Å². The molecule has 0 aliphatic heterocycles. The van der Waals surface area contributed by atoms with Crippen molar-refractivity contribution in [1.82, 2.24) is 0 Å². The summed E-state index contributed by atoms with van der Waals surface area (Å²) < 4.78 is 0.600. The van der Waals surface area contributed by atoms with E-state index in [2.05, 4.69) is 39.2 Å². The molecule has 2 aromatic rings. The number of aromatic carboxylic acids is 1. The van der Waals surface area contributed by atoms with Gasteiger partial charge in [-0.3, -0.25) is 0 Å². The number of thiophene rings is 1. The Morgan fingerprint density at radius 3 is 2.68 bits per heavy atom. The molecule has 0 saturated heterocycles. The van der Waals surface area contributed by atoms with E-state index in [1.54, 1.807) is 17.4 Å². The molecule has 0 radical (unpaired) electrons. The molecule has 0 amide bonds. The molecule has 0 aliphatic rings. The van der Waals surface area contributed by atoms with E-state index >= 15 is 0 Å². The van der Waals surface area contributed by atoms with Crippen molar-refractivity contribution in [1.29, 1.82) is 0 Å². The molecule has 1 N–H and O–H groups in total. The van der Waals surface area contributed by atoms with Gasteiger partial charge < -0.3 is 10.0 Å². The highest BCUT2D eigenvalue weighted by Crippen LogP contribution is 2.30. The number of halogens is 1. The zero-order valence-corrected chi connectivity index (χ0v) is 13.0. The Morgan fingerprint density at radius 2 is 2.16 bits per heavy atom. The van der Waals surface area contributed by atoms with Gasteiger partial charge in [0, 0.05) is 22.1 Å². The zero-order valence-electron chi connectivity index (χ0n) is 10.6. The highest BCUT2D eigenvalue weighted by molar-refractivity contribution is 9.10. The van der Waals surface area contributed by atoms with Crippen LogP contribution in [0, 0.1) is 0 Å². The summed E-state index contributed by atoms with van der Waals surface area (Å²) in [6.45, 7) is 2.13. The summed E-state index contributed by atoms with van der Waals surface area (Å²) in [6, 6.07) is 9.69. The standard InChI is InChI=1S/C14H14BrNO2S/c1-9(13-4-3-7-19-13)16(2)10-5-6-11(14(17)18)12(15)8-10/h3-9H,1-2H3,(H,17,18). The van der Waals surface area contributed by atoms with Gasteiger partial charge in [0.05, 0.1) is 11.6 Å². The van der Waals surface area contributed by atoms with E-state index in [1.165, 1.54) is 4.88 Å². The first kappa shape index (κ1) is 14.1. The van der Waals surface area contributed by atoms with Crippen LogP contribution in [0.15, 0.2) is 40.2 Å². The van der Waals surface area contributed by atoms with Crippen molar-refractivity contribution in [2.24, 2.45) is 0 Å². The molecule has 19 heavy (non-hydrogen) atoms. The van der Waals surface area contributed by atoms with E-state index in [0.29, 0.717) is 4.47 Å². The number of benzene rings is 1. The largest absolute Gasteiger partial charge is 0.478 e. The number of anilines is 1. The van der Waals surface area contributed by atoms with Gasteiger partial charge in [0.1, 0.15) is 0 Å². The van der Waals surface area contributed by atoms with Gasteiger partial charge >= 0.3 is 5.97 Å². The van der Waals surface area contributed by atoms with Crippen LogP contribution < -0.4 is 4.90 Å². The second kappa shape index (κ2) is 5.75. The molecule has 0 aliphatic carbocycles. The molecule has 1 heterocycles. The summed E-state index contributed by atoms with van der Waals surface area (Å²) in [7, 11) is 2.01. The summed E-state index contributed by atoms with van der Waals surface area (Å²) >= 11 is 5.03. The molecule has 5 heteroatoms. The summed E-state index contributed by atoms with van der Waals surface area (Å²) in [6.07, 6.45) is 0. The monoisotopic (exact) mass is 339 g/mol. The fourth-order valence-corrected chi connectivity index (χ4v) is 3.20. The third kappa shape index (κ3) is 2.98. The lowest BCUT2D eigenvalue weighted by atomic mass is 10.1. The Balaban J connectivity index is 2.27. The maximum Gasteiger partial charge on any atom is 0.336 e. The molecule has 0 bridgehead atoms. The highest BCUT2D eigenvalue weighted by Gasteiger charge is 2.15. The minimum Gasteiger partial charge on any atom is -0.478 e. The molecule has 1 aromatic carbocycles. The minimum atomic E-state index is -0.924. The predicted molar refractivity (Wildman–Crippen MR) is 82.2 cm³/mol. The zero-order chi connectivity index (χ0) is 14.0. The second-order valence-corrected chi connectivity index (χ2v) is 6.11. The van der Waals surface area contributed by atoms with Crippen molar-refractivity contribution in [2.45, 2.75) is 13.0 Å². The number of carboxylic acids is 1. The first-order valence-corrected chi connectivity index (χ1v) is 7.47. The highest BCUT2D eigenvalue weighted by atomic mass is 79.9. The summed E-state index contributed by atoms with van der Waals surface area (Å²) in [5.41, 5.74) is 1.26. The van der Waals surface area contributed by atoms with Crippen molar-refractivity contribution in [3.8, 4) is 0 Å². The van der Waals surface area contributed by atoms with Gasteiger partial charge in [0.15, 0.2) is 0 Å². The third-order valence-corrected chi connectivity index (χ3v) is 4.82. The van der Waals surface area contributed by atoms with Gasteiger partial charge in [-0.1, -0.05) is 6.07 Å². The van der Waals surface area contributed by atoms with Gasteiger partial charge in [-0.15, -0.1) is 11.3 Å². The van der Waals surface area contributed by atoms with E-state index in [0.717, 1.165) is 5.69 Å². The average molecular weight is 340 g/mol. The average Bonchev–Trinajstić information content (AvgIpc) is 2.90. The van der Waals surface area contributed by atoms with Gasteiger partial charge in [0.2, 0.25) is 0 Å². The molecule has 0 fully saturated rings. The Morgan fingerprint density at radius 1 is 1.42 bits per heavy atom. The smallest absolute Gasteiger partial charge is 0.336 e. The van der Waals surface area contributed by atoms with Crippen LogP contribution in [-0.4, -0.2) is 18.1 Å². The van der Waals surface area contributed by atoms with Crippen molar-refractivity contribution in [3.63, 3.8) is 0 Å². The van der Waals surface area contributed by atoms with E-state index < -0.39 is 5.97 Å². The number of hydrogen-bond donors (Lipinski definition) is 1. The summed E-state index contributed by atoms with van der Waals surface area (Å²) in [5.74, 6) is -0.924. The molecule has 2 rings (SSSR count). The van der Waals surface area contributed by atoms with Crippen LogP contribution in [0.2, 0.25) is 0 Å². The summed E-state index contributed by atoms with van der Waals surface area (Å²) in [5, 5.41) is 11.1. The van der Waals surface area contributed by atoms with E-state index in [9.17, 15) is 4.79 Å². The lowest BCUT2D eigenvalue weighted by molar-refractivity contribution is 0.0696. The van der Waals surface area contributed by atoms with Crippen LogP contribution in [0.1, 0.15) is 28.2 Å². The maximum absolute atomic E-state index is 11.0. The van der Waals surface area contributed by atoms with Crippen LogP contribution in [0.3, 0.4) is 0 Å². The molecule has 0 saturated carbocycles. The molecule has 0 spiro atoms. The molecule has 1 atom stereocenters. The molecule has 100 valence electrons. The number of hydrogen-bond acceptors (Lipinski definition) is 3. The van der Waals surface area contributed by atoms with Gasteiger partial charge in [-0.25, -0.2) is 4.79 Å². The Labute approximate surface area is 124 Å². The van der Waals surface area contributed by atoms with Crippen molar-refractivity contribution in [3.05, 3.63) is 50.6 Å². The summed E-state index contributed by atoms with van der Waals surface area (Å²) in [4.78, 5) is 14.4. The first-order valence-electron chi connectivity index (χ1n) is 5.79. The minimum absolute atomic E-state index is 0.252. The topological polar surface area (TPSA) is 40.5 Å². The number of rotatable bonds is 4. The van der Waals surface area contributed by atoms with Gasteiger partial charge in [-0.2, -0.15) is 0 Å². The van der Waals surface area contributed by atoms with Crippen molar-refractivity contribution >= 4 is 38.9 Å². The lowest BCUT2D eigenvalue weighted by Crippen LogP contribution is -2.20. The van der Waals surface area contributed by atoms with Crippen LogP contribution >= 0.6 is 27.3 Å². The second-order valence-electron chi connectivity index (χ2n) is 4.27. The molecule has 3 nitrogen and oxygen atoms in total. The number of nitrogens with zero attached hydrogens (tertiary/aromatic N) is 1. The van der Waals surface area contributed by atoms with Crippen LogP contribution in [0.25, 0.3) is 0 Å². The predicted octanol–water partition coefficient (Wildman–Crippen LogP) is 4.41. The van der Waals surface area contributed by atoms with Crippen LogP contribution in [-0.2, 0) is 0 Å². The lowest BCUT2D eigenvalue weighted by Gasteiger charge is -2.26. The third-order valence-electron chi connectivity index (χ3n) is 3.13. The number of carbonyl (C=O) groups is 1.